The van der Waals surface area contributed by atoms with E-state index in [1.807, 2.05) is 20.2 Å². The normalized spacial score (nSPS) is 10.4. The van der Waals surface area contributed by atoms with Gasteiger partial charge < -0.3 is 10.4 Å². The van der Waals surface area contributed by atoms with Crippen LogP contribution in [0.3, 0.4) is 0 Å². The van der Waals surface area contributed by atoms with Gasteiger partial charge in [-0.15, -0.1) is 0 Å². The Hall–Kier alpha value is -2.63. The standard InChI is InChI=1S/C15H17N3O3/c1-3-13-12(9-18(2)17-13)8-16-14(19)10-5-4-6-11(7-10)15(20)21/h4-7,9H,3,8H2,1-2H3,(H,16,19)(H,20,21). The second kappa shape index (κ2) is 6.21. The van der Waals surface area contributed by atoms with E-state index in [2.05, 4.69) is 10.4 Å². The summed E-state index contributed by atoms with van der Waals surface area (Å²) >= 11 is 0. The highest BCUT2D eigenvalue weighted by molar-refractivity contribution is 5.97. The summed E-state index contributed by atoms with van der Waals surface area (Å²) in [5.74, 6) is -1.35. The molecule has 0 aliphatic rings. The molecule has 0 saturated carbocycles. The fourth-order valence-electron chi connectivity index (χ4n) is 2.10. The van der Waals surface area contributed by atoms with Crippen LogP contribution in [0.5, 0.6) is 0 Å². The monoisotopic (exact) mass is 287 g/mol. The molecule has 0 bridgehead atoms. The van der Waals surface area contributed by atoms with Crippen LogP contribution in [0.15, 0.2) is 30.5 Å². The first-order valence-corrected chi connectivity index (χ1v) is 6.64. The number of benzene rings is 1. The van der Waals surface area contributed by atoms with Crippen LogP contribution in [0.2, 0.25) is 0 Å². The van der Waals surface area contributed by atoms with E-state index in [0.717, 1.165) is 17.7 Å². The van der Waals surface area contributed by atoms with Gasteiger partial charge in [0.1, 0.15) is 0 Å². The number of nitrogens with one attached hydrogen (secondary N) is 1. The Labute approximate surface area is 122 Å². The first-order valence-electron chi connectivity index (χ1n) is 6.64. The Balaban J connectivity index is 2.08. The average molecular weight is 287 g/mol. The van der Waals surface area contributed by atoms with Crippen molar-refractivity contribution >= 4 is 11.9 Å². The molecule has 0 aliphatic heterocycles. The highest BCUT2D eigenvalue weighted by Crippen LogP contribution is 2.09. The maximum Gasteiger partial charge on any atom is 0.335 e. The predicted molar refractivity (Wildman–Crippen MR) is 77.2 cm³/mol. The van der Waals surface area contributed by atoms with Gasteiger partial charge in [-0.2, -0.15) is 5.10 Å². The SMILES string of the molecule is CCc1nn(C)cc1CNC(=O)c1cccc(C(=O)O)c1. The van der Waals surface area contributed by atoms with E-state index in [9.17, 15) is 9.59 Å². The molecule has 1 amide bonds. The Kier molecular flexibility index (Phi) is 4.37. The lowest BCUT2D eigenvalue weighted by Crippen LogP contribution is -2.23. The number of hydrogen-bond acceptors (Lipinski definition) is 3. The molecular formula is C15H17N3O3. The van der Waals surface area contributed by atoms with Crippen LogP contribution < -0.4 is 5.32 Å². The van der Waals surface area contributed by atoms with Gasteiger partial charge in [0, 0.05) is 30.9 Å². The van der Waals surface area contributed by atoms with Crippen molar-refractivity contribution in [3.8, 4) is 0 Å². The molecule has 2 N–H and O–H groups in total. The third-order valence-electron chi connectivity index (χ3n) is 3.14. The van der Waals surface area contributed by atoms with E-state index in [0.29, 0.717) is 12.1 Å². The zero-order chi connectivity index (χ0) is 15.4. The third-order valence-corrected chi connectivity index (χ3v) is 3.14. The number of rotatable bonds is 5. The topological polar surface area (TPSA) is 84.2 Å². The number of nitrogens with zero attached hydrogens (tertiary/aromatic N) is 2. The molecule has 2 rings (SSSR count). The van der Waals surface area contributed by atoms with Crippen LogP contribution in [0, 0.1) is 0 Å². The van der Waals surface area contributed by atoms with Gasteiger partial charge >= 0.3 is 5.97 Å². The van der Waals surface area contributed by atoms with E-state index in [-0.39, 0.29) is 11.5 Å². The molecular weight excluding hydrogens is 270 g/mol. The van der Waals surface area contributed by atoms with Crippen LogP contribution in [0.4, 0.5) is 0 Å². The van der Waals surface area contributed by atoms with Gasteiger partial charge in [-0.05, 0) is 24.6 Å². The van der Waals surface area contributed by atoms with Crippen LogP contribution in [-0.2, 0) is 20.0 Å². The number of aryl methyl sites for hydroxylation is 2. The lowest BCUT2D eigenvalue weighted by molar-refractivity contribution is 0.0697. The highest BCUT2D eigenvalue weighted by Gasteiger charge is 2.11. The van der Waals surface area contributed by atoms with Gasteiger partial charge in [0.05, 0.1) is 11.3 Å². The van der Waals surface area contributed by atoms with Crippen molar-refractivity contribution in [2.75, 3.05) is 0 Å². The molecule has 0 radical (unpaired) electrons. The van der Waals surface area contributed by atoms with E-state index in [4.69, 9.17) is 5.11 Å². The average Bonchev–Trinajstić information content (AvgIpc) is 2.85. The van der Waals surface area contributed by atoms with Gasteiger partial charge in [-0.1, -0.05) is 13.0 Å². The Morgan fingerprint density at radius 3 is 2.71 bits per heavy atom. The molecule has 6 nitrogen and oxygen atoms in total. The molecule has 0 fully saturated rings. The summed E-state index contributed by atoms with van der Waals surface area (Å²) < 4.78 is 1.71. The summed E-state index contributed by atoms with van der Waals surface area (Å²) in [6, 6.07) is 5.96. The number of hydrogen-bond donors (Lipinski definition) is 2. The molecule has 0 atom stereocenters. The summed E-state index contributed by atoms with van der Waals surface area (Å²) in [6.45, 7) is 2.37. The Morgan fingerprint density at radius 2 is 2.05 bits per heavy atom. The smallest absolute Gasteiger partial charge is 0.335 e. The molecule has 1 aromatic carbocycles. The predicted octanol–water partition coefficient (Wildman–Crippen LogP) is 1.61. The maximum absolute atomic E-state index is 12.1. The van der Waals surface area contributed by atoms with Crippen molar-refractivity contribution in [1.82, 2.24) is 15.1 Å². The number of aromatic nitrogens is 2. The Morgan fingerprint density at radius 1 is 1.33 bits per heavy atom. The number of carboxylic acid groups (broad SMARTS) is 1. The van der Waals surface area contributed by atoms with Crippen molar-refractivity contribution < 1.29 is 14.7 Å². The van der Waals surface area contributed by atoms with Gasteiger partial charge in [0.2, 0.25) is 0 Å². The lowest BCUT2D eigenvalue weighted by atomic mass is 10.1. The van der Waals surface area contributed by atoms with Crippen molar-refractivity contribution in [3.63, 3.8) is 0 Å². The Bertz CT molecular complexity index is 677. The zero-order valence-electron chi connectivity index (χ0n) is 12.0. The minimum atomic E-state index is -1.05. The number of amides is 1. The van der Waals surface area contributed by atoms with E-state index >= 15 is 0 Å². The van der Waals surface area contributed by atoms with Crippen molar-refractivity contribution in [2.45, 2.75) is 19.9 Å². The highest BCUT2D eigenvalue weighted by atomic mass is 16.4. The second-order valence-electron chi connectivity index (χ2n) is 4.70. The second-order valence-corrected chi connectivity index (χ2v) is 4.70. The van der Waals surface area contributed by atoms with Crippen LogP contribution in [0.25, 0.3) is 0 Å². The molecule has 0 saturated heterocycles. The van der Waals surface area contributed by atoms with Crippen LogP contribution >= 0.6 is 0 Å². The number of carbonyl (C=O) groups is 2. The number of carboxylic acids is 1. The minimum Gasteiger partial charge on any atom is -0.478 e. The largest absolute Gasteiger partial charge is 0.478 e. The molecule has 2 aromatic rings. The summed E-state index contributed by atoms with van der Waals surface area (Å²) in [5, 5.41) is 16.0. The van der Waals surface area contributed by atoms with Gasteiger partial charge in [0.25, 0.3) is 5.91 Å². The molecule has 6 heteroatoms. The van der Waals surface area contributed by atoms with E-state index in [1.54, 1.807) is 16.8 Å². The molecule has 21 heavy (non-hydrogen) atoms. The molecule has 110 valence electrons. The summed E-state index contributed by atoms with van der Waals surface area (Å²) in [4.78, 5) is 23.0. The fourth-order valence-corrected chi connectivity index (χ4v) is 2.10. The van der Waals surface area contributed by atoms with Crippen molar-refractivity contribution in [1.29, 1.82) is 0 Å². The summed E-state index contributed by atoms with van der Waals surface area (Å²) in [6.07, 6.45) is 2.66. The molecule has 1 aromatic heterocycles. The number of aromatic carboxylic acids is 1. The van der Waals surface area contributed by atoms with Crippen LogP contribution in [0.1, 0.15) is 38.9 Å². The zero-order valence-corrected chi connectivity index (χ0v) is 12.0. The van der Waals surface area contributed by atoms with Gasteiger partial charge in [-0.25, -0.2) is 4.79 Å². The fraction of sp³-hybridized carbons (Fsp3) is 0.267. The minimum absolute atomic E-state index is 0.0956. The van der Waals surface area contributed by atoms with E-state index in [1.165, 1.54) is 12.1 Å². The third kappa shape index (κ3) is 3.47. The number of carbonyl (C=O) groups excluding carboxylic acids is 1. The summed E-state index contributed by atoms with van der Waals surface area (Å²) in [7, 11) is 1.83. The van der Waals surface area contributed by atoms with E-state index < -0.39 is 5.97 Å². The van der Waals surface area contributed by atoms with Gasteiger partial charge in [-0.3, -0.25) is 9.48 Å². The van der Waals surface area contributed by atoms with Gasteiger partial charge in [0.15, 0.2) is 0 Å². The van der Waals surface area contributed by atoms with Crippen LogP contribution in [-0.4, -0.2) is 26.8 Å². The first kappa shape index (κ1) is 14.8. The summed E-state index contributed by atoms with van der Waals surface area (Å²) in [5.41, 5.74) is 2.33. The molecule has 0 spiro atoms. The molecule has 0 aliphatic carbocycles. The van der Waals surface area contributed by atoms with Crippen molar-refractivity contribution in [2.24, 2.45) is 7.05 Å². The lowest BCUT2D eigenvalue weighted by Gasteiger charge is -2.05. The van der Waals surface area contributed by atoms with Crippen molar-refractivity contribution in [3.05, 3.63) is 52.8 Å². The molecule has 1 heterocycles. The maximum atomic E-state index is 12.1. The quantitative estimate of drug-likeness (QED) is 0.875. The molecule has 0 unspecified atom stereocenters. The first-order chi connectivity index (χ1) is 10.0.